The molecule has 1 aliphatic heterocycles. The Balaban J connectivity index is 1.95. The number of benzene rings is 1. The molecule has 2 N–H and O–H groups in total. The molecule has 1 atom stereocenters. The van der Waals surface area contributed by atoms with Gasteiger partial charge in [-0.3, -0.25) is 5.32 Å². The Kier molecular flexibility index (Phi) is 2.84. The van der Waals surface area contributed by atoms with Crippen LogP contribution >= 0.6 is 0 Å². The highest BCUT2D eigenvalue weighted by Crippen LogP contribution is 2.33. The molecular weight excluding hydrogens is 230 g/mol. The maximum absolute atomic E-state index is 11.7. The van der Waals surface area contributed by atoms with Crippen LogP contribution < -0.4 is 5.32 Å². The Morgan fingerprint density at radius 3 is 2.94 bits per heavy atom. The number of rotatable bonds is 4. The molecule has 1 aliphatic carbocycles. The summed E-state index contributed by atoms with van der Waals surface area (Å²) in [5.41, 5.74) is 0.746. The fourth-order valence-corrected chi connectivity index (χ4v) is 2.49. The van der Waals surface area contributed by atoms with Gasteiger partial charge < -0.3 is 9.84 Å². The smallest absolute Gasteiger partial charge is 0.331 e. The van der Waals surface area contributed by atoms with Gasteiger partial charge in [-0.2, -0.15) is 0 Å². The molecule has 0 bridgehead atoms. The number of carbonyl (C=O) groups is 1. The van der Waals surface area contributed by atoms with Crippen molar-refractivity contribution >= 4 is 5.97 Å². The van der Waals surface area contributed by atoms with Gasteiger partial charge in [0.05, 0.1) is 13.2 Å². The van der Waals surface area contributed by atoms with Crippen molar-refractivity contribution < 1.29 is 14.6 Å². The van der Waals surface area contributed by atoms with Crippen LogP contribution in [0.2, 0.25) is 0 Å². The molecule has 0 radical (unpaired) electrons. The summed E-state index contributed by atoms with van der Waals surface area (Å²) in [5, 5.41) is 12.9. The van der Waals surface area contributed by atoms with Crippen molar-refractivity contribution in [3.8, 4) is 0 Å². The van der Waals surface area contributed by atoms with Crippen molar-refractivity contribution in [3.63, 3.8) is 0 Å². The summed E-state index contributed by atoms with van der Waals surface area (Å²) >= 11 is 0. The number of nitrogens with one attached hydrogen (secondary N) is 1. The molecular formula is C14H17NO3. The molecule has 1 heterocycles. The number of ether oxygens (including phenoxy) is 1. The van der Waals surface area contributed by atoms with E-state index in [0.717, 1.165) is 17.7 Å². The predicted octanol–water partition coefficient (Wildman–Crippen LogP) is 1.50. The van der Waals surface area contributed by atoms with Gasteiger partial charge >= 0.3 is 5.97 Å². The molecule has 0 amide bonds. The highest BCUT2D eigenvalue weighted by atomic mass is 16.5. The Morgan fingerprint density at radius 1 is 1.44 bits per heavy atom. The first-order valence-electron chi connectivity index (χ1n) is 6.37. The zero-order valence-corrected chi connectivity index (χ0v) is 10.2. The van der Waals surface area contributed by atoms with E-state index in [4.69, 9.17) is 4.74 Å². The SMILES string of the molecule is O=C(O)C1(NCC2CC2)COCc2ccccc21. The number of hydrogen-bond acceptors (Lipinski definition) is 3. The van der Waals surface area contributed by atoms with Crippen LogP contribution in [0.25, 0.3) is 0 Å². The molecule has 1 saturated carbocycles. The number of carboxylic acid groups (broad SMARTS) is 1. The van der Waals surface area contributed by atoms with Gasteiger partial charge in [0.25, 0.3) is 0 Å². The molecule has 3 rings (SSSR count). The fourth-order valence-electron chi connectivity index (χ4n) is 2.49. The second kappa shape index (κ2) is 4.37. The van der Waals surface area contributed by atoms with E-state index in [0.29, 0.717) is 12.5 Å². The average Bonchev–Trinajstić information content (AvgIpc) is 3.20. The van der Waals surface area contributed by atoms with E-state index in [9.17, 15) is 9.90 Å². The standard InChI is InChI=1S/C14H17NO3/c16-13(17)14(15-7-10-5-6-10)9-18-8-11-3-1-2-4-12(11)14/h1-4,10,15H,5-9H2,(H,16,17). The van der Waals surface area contributed by atoms with Gasteiger partial charge in [0.2, 0.25) is 0 Å². The summed E-state index contributed by atoms with van der Waals surface area (Å²) in [6, 6.07) is 7.64. The van der Waals surface area contributed by atoms with Crippen molar-refractivity contribution in [1.29, 1.82) is 0 Å². The van der Waals surface area contributed by atoms with Gasteiger partial charge in [0.15, 0.2) is 5.54 Å². The topological polar surface area (TPSA) is 58.6 Å². The lowest BCUT2D eigenvalue weighted by atomic mass is 9.85. The lowest BCUT2D eigenvalue weighted by molar-refractivity contribution is -0.150. The summed E-state index contributed by atoms with van der Waals surface area (Å²) in [7, 11) is 0. The molecule has 0 saturated heterocycles. The highest BCUT2D eigenvalue weighted by Gasteiger charge is 2.45. The van der Waals surface area contributed by atoms with E-state index < -0.39 is 11.5 Å². The number of hydrogen-bond donors (Lipinski definition) is 2. The van der Waals surface area contributed by atoms with Gasteiger partial charge in [-0.1, -0.05) is 24.3 Å². The minimum atomic E-state index is -1.07. The Hall–Kier alpha value is -1.39. The number of carboxylic acids is 1. The van der Waals surface area contributed by atoms with Gasteiger partial charge in [0.1, 0.15) is 0 Å². The van der Waals surface area contributed by atoms with Crippen LogP contribution in [-0.4, -0.2) is 24.2 Å². The van der Waals surface area contributed by atoms with Crippen LogP contribution in [0.1, 0.15) is 24.0 Å². The summed E-state index contributed by atoms with van der Waals surface area (Å²) in [6.45, 7) is 1.45. The monoisotopic (exact) mass is 247 g/mol. The van der Waals surface area contributed by atoms with Crippen molar-refractivity contribution in [1.82, 2.24) is 5.32 Å². The first kappa shape index (κ1) is 11.7. The third-order valence-electron chi connectivity index (χ3n) is 3.81. The molecule has 96 valence electrons. The molecule has 1 aromatic carbocycles. The lowest BCUT2D eigenvalue weighted by Crippen LogP contribution is -2.55. The van der Waals surface area contributed by atoms with Crippen LogP contribution in [0.3, 0.4) is 0 Å². The minimum Gasteiger partial charge on any atom is -0.480 e. The van der Waals surface area contributed by atoms with Crippen LogP contribution in [-0.2, 0) is 21.7 Å². The molecule has 4 nitrogen and oxygen atoms in total. The van der Waals surface area contributed by atoms with Crippen molar-refractivity contribution in [2.45, 2.75) is 25.0 Å². The number of fused-ring (bicyclic) bond motifs is 1. The highest BCUT2D eigenvalue weighted by molar-refractivity contribution is 5.82. The molecule has 18 heavy (non-hydrogen) atoms. The van der Waals surface area contributed by atoms with Crippen molar-refractivity contribution in [3.05, 3.63) is 35.4 Å². The zero-order chi connectivity index (χ0) is 12.6. The number of aliphatic carboxylic acids is 1. The summed E-state index contributed by atoms with van der Waals surface area (Å²) in [4.78, 5) is 11.7. The summed E-state index contributed by atoms with van der Waals surface area (Å²) in [5.74, 6) is -0.217. The Labute approximate surface area is 106 Å². The average molecular weight is 247 g/mol. The Morgan fingerprint density at radius 2 is 2.22 bits per heavy atom. The zero-order valence-electron chi connectivity index (χ0n) is 10.2. The maximum Gasteiger partial charge on any atom is 0.331 e. The second-order valence-corrected chi connectivity index (χ2v) is 5.18. The predicted molar refractivity (Wildman–Crippen MR) is 66.1 cm³/mol. The van der Waals surface area contributed by atoms with Gasteiger partial charge in [0, 0.05) is 0 Å². The lowest BCUT2D eigenvalue weighted by Gasteiger charge is -2.36. The fraction of sp³-hybridized carbons (Fsp3) is 0.500. The van der Waals surface area contributed by atoms with Gasteiger partial charge in [-0.05, 0) is 36.4 Å². The first-order valence-corrected chi connectivity index (χ1v) is 6.37. The molecule has 1 aromatic rings. The minimum absolute atomic E-state index is 0.200. The van der Waals surface area contributed by atoms with Crippen molar-refractivity contribution in [2.24, 2.45) is 5.92 Å². The largest absolute Gasteiger partial charge is 0.480 e. The Bertz CT molecular complexity index is 470. The van der Waals surface area contributed by atoms with Gasteiger partial charge in [-0.25, -0.2) is 4.79 Å². The quantitative estimate of drug-likeness (QED) is 0.846. The van der Waals surface area contributed by atoms with E-state index in [1.165, 1.54) is 12.8 Å². The van der Waals surface area contributed by atoms with E-state index in [2.05, 4.69) is 5.32 Å². The first-order chi connectivity index (χ1) is 8.72. The van der Waals surface area contributed by atoms with E-state index in [-0.39, 0.29) is 6.61 Å². The van der Waals surface area contributed by atoms with Crippen LogP contribution in [0, 0.1) is 5.92 Å². The van der Waals surface area contributed by atoms with Crippen LogP contribution in [0.15, 0.2) is 24.3 Å². The van der Waals surface area contributed by atoms with Crippen LogP contribution in [0.5, 0.6) is 0 Å². The molecule has 1 fully saturated rings. The molecule has 0 spiro atoms. The molecule has 4 heteroatoms. The van der Waals surface area contributed by atoms with Gasteiger partial charge in [-0.15, -0.1) is 0 Å². The van der Waals surface area contributed by atoms with E-state index in [1.807, 2.05) is 24.3 Å². The summed E-state index contributed by atoms with van der Waals surface area (Å²) in [6.07, 6.45) is 2.40. The van der Waals surface area contributed by atoms with E-state index >= 15 is 0 Å². The molecule has 0 aromatic heterocycles. The summed E-state index contributed by atoms with van der Waals surface area (Å²) < 4.78 is 5.48. The van der Waals surface area contributed by atoms with E-state index in [1.54, 1.807) is 0 Å². The normalized spacial score (nSPS) is 26.7. The maximum atomic E-state index is 11.7. The molecule has 2 aliphatic rings. The van der Waals surface area contributed by atoms with Crippen LogP contribution in [0.4, 0.5) is 0 Å². The second-order valence-electron chi connectivity index (χ2n) is 5.18. The molecule has 1 unspecified atom stereocenters. The van der Waals surface area contributed by atoms with Crippen molar-refractivity contribution in [2.75, 3.05) is 13.2 Å². The third-order valence-corrected chi connectivity index (χ3v) is 3.81. The third kappa shape index (κ3) is 1.91.